The first-order chi connectivity index (χ1) is 13.5. The summed E-state index contributed by atoms with van der Waals surface area (Å²) in [7, 11) is 0. The lowest BCUT2D eigenvalue weighted by atomic mass is 9.92. The molecule has 2 fully saturated rings. The van der Waals surface area contributed by atoms with E-state index in [0.29, 0.717) is 10.6 Å². The predicted molar refractivity (Wildman–Crippen MR) is 112 cm³/mol. The summed E-state index contributed by atoms with van der Waals surface area (Å²) in [6.45, 7) is 1.98. The van der Waals surface area contributed by atoms with Gasteiger partial charge >= 0.3 is 0 Å². The Morgan fingerprint density at radius 2 is 1.79 bits per heavy atom. The number of thiophene rings is 1. The van der Waals surface area contributed by atoms with Crippen molar-refractivity contribution in [2.24, 2.45) is 0 Å². The van der Waals surface area contributed by atoms with Crippen LogP contribution >= 0.6 is 22.9 Å². The number of likely N-dealkylation sites (tertiary alicyclic amines) is 1. The molecule has 0 spiro atoms. The number of aliphatic hydroxyl groups is 1. The number of carbonyl (C=O) groups is 2. The fourth-order valence-corrected chi connectivity index (χ4v) is 5.43. The molecular weight excluding hydrogens is 394 g/mol. The molecule has 146 valence electrons. The number of nitrogens with zero attached hydrogens (tertiary/aromatic N) is 1. The molecule has 1 saturated carbocycles. The first-order valence-electron chi connectivity index (χ1n) is 9.59. The number of ketones is 1. The van der Waals surface area contributed by atoms with E-state index in [1.165, 1.54) is 11.3 Å². The zero-order valence-corrected chi connectivity index (χ0v) is 17.2. The SMILES string of the molecule is Cc1ccsc1C1/C(=C(/O)c2ccc(Cl)cc2)C(=O)C(=O)N1C1CCCCC1. The van der Waals surface area contributed by atoms with Gasteiger partial charge in [-0.3, -0.25) is 9.59 Å². The molecule has 28 heavy (non-hydrogen) atoms. The predicted octanol–water partition coefficient (Wildman–Crippen LogP) is 5.46. The van der Waals surface area contributed by atoms with E-state index in [9.17, 15) is 14.7 Å². The minimum Gasteiger partial charge on any atom is -0.507 e. The third-order valence-corrected chi connectivity index (χ3v) is 7.04. The zero-order chi connectivity index (χ0) is 19.8. The van der Waals surface area contributed by atoms with Crippen LogP contribution in [0.15, 0.2) is 41.3 Å². The Hall–Kier alpha value is -2.11. The number of Topliss-reactive ketones (excluding diaryl/α,β-unsaturated/α-hetero) is 1. The Kier molecular flexibility index (Phi) is 5.30. The number of hydrogen-bond donors (Lipinski definition) is 1. The van der Waals surface area contributed by atoms with Crippen molar-refractivity contribution in [1.29, 1.82) is 0 Å². The van der Waals surface area contributed by atoms with Crippen molar-refractivity contribution in [1.82, 2.24) is 4.90 Å². The molecule has 0 radical (unpaired) electrons. The van der Waals surface area contributed by atoms with Crippen LogP contribution in [0.25, 0.3) is 5.76 Å². The molecule has 1 aliphatic carbocycles. The molecular formula is C22H22ClNO3S. The average Bonchev–Trinajstić information content (AvgIpc) is 3.23. The summed E-state index contributed by atoms with van der Waals surface area (Å²) in [5.74, 6) is -1.23. The molecule has 2 aromatic rings. The van der Waals surface area contributed by atoms with Crippen LogP contribution in [-0.2, 0) is 9.59 Å². The lowest BCUT2D eigenvalue weighted by Crippen LogP contribution is -2.40. The highest BCUT2D eigenvalue weighted by Gasteiger charge is 2.49. The lowest BCUT2D eigenvalue weighted by Gasteiger charge is -2.35. The second-order valence-electron chi connectivity index (χ2n) is 7.47. The van der Waals surface area contributed by atoms with E-state index in [1.807, 2.05) is 18.4 Å². The molecule has 1 aromatic heterocycles. The maximum absolute atomic E-state index is 13.0. The second kappa shape index (κ2) is 7.72. The van der Waals surface area contributed by atoms with Crippen LogP contribution in [0.2, 0.25) is 5.02 Å². The smallest absolute Gasteiger partial charge is 0.295 e. The van der Waals surface area contributed by atoms with Gasteiger partial charge in [-0.1, -0.05) is 30.9 Å². The third-order valence-electron chi connectivity index (χ3n) is 5.72. The van der Waals surface area contributed by atoms with E-state index in [0.717, 1.165) is 42.5 Å². The van der Waals surface area contributed by atoms with Gasteiger partial charge in [-0.2, -0.15) is 0 Å². The number of aliphatic hydroxyl groups excluding tert-OH is 1. The van der Waals surface area contributed by atoms with Crippen molar-refractivity contribution in [3.63, 3.8) is 0 Å². The number of hydrogen-bond acceptors (Lipinski definition) is 4. The molecule has 1 unspecified atom stereocenters. The summed E-state index contributed by atoms with van der Waals surface area (Å²) in [5.41, 5.74) is 1.70. The number of benzene rings is 1. The van der Waals surface area contributed by atoms with E-state index < -0.39 is 17.7 Å². The van der Waals surface area contributed by atoms with E-state index in [4.69, 9.17) is 11.6 Å². The number of halogens is 1. The molecule has 0 bridgehead atoms. The standard InChI is InChI=1S/C22H22ClNO3S/c1-13-11-12-28-21(13)18-17(19(25)14-7-9-15(23)10-8-14)20(26)22(27)24(18)16-5-3-2-4-6-16/h7-12,16,18,25H,2-6H2,1H3/b19-17-. The summed E-state index contributed by atoms with van der Waals surface area (Å²) in [4.78, 5) is 28.7. The van der Waals surface area contributed by atoms with Gasteiger partial charge in [0.15, 0.2) is 0 Å². The highest BCUT2D eigenvalue weighted by Crippen LogP contribution is 2.45. The summed E-state index contributed by atoms with van der Waals surface area (Å²) in [5, 5.41) is 13.5. The van der Waals surface area contributed by atoms with Gasteiger partial charge in [-0.05, 0) is 61.0 Å². The van der Waals surface area contributed by atoms with Crippen LogP contribution in [0.5, 0.6) is 0 Å². The fourth-order valence-electron chi connectivity index (χ4n) is 4.27. The molecule has 1 aromatic carbocycles. The van der Waals surface area contributed by atoms with Crippen molar-refractivity contribution in [2.75, 3.05) is 0 Å². The molecule has 1 aliphatic heterocycles. The molecule has 2 aliphatic rings. The molecule has 1 saturated heterocycles. The minimum atomic E-state index is -0.601. The normalized spacial score (nSPS) is 22.8. The molecule has 4 nitrogen and oxygen atoms in total. The van der Waals surface area contributed by atoms with Gasteiger partial charge in [0.05, 0.1) is 5.57 Å². The summed E-state index contributed by atoms with van der Waals surface area (Å²) < 4.78 is 0. The van der Waals surface area contributed by atoms with Gasteiger partial charge in [-0.25, -0.2) is 0 Å². The Balaban J connectivity index is 1.87. The monoisotopic (exact) mass is 415 g/mol. The van der Waals surface area contributed by atoms with Crippen LogP contribution in [0.1, 0.15) is 54.1 Å². The Bertz CT molecular complexity index is 941. The summed E-state index contributed by atoms with van der Waals surface area (Å²) >= 11 is 7.48. The van der Waals surface area contributed by atoms with E-state index >= 15 is 0 Å². The van der Waals surface area contributed by atoms with Gasteiger partial charge in [0, 0.05) is 21.5 Å². The van der Waals surface area contributed by atoms with Crippen molar-refractivity contribution >= 4 is 40.4 Å². The van der Waals surface area contributed by atoms with Crippen molar-refractivity contribution < 1.29 is 14.7 Å². The first-order valence-corrected chi connectivity index (χ1v) is 10.8. The van der Waals surface area contributed by atoms with Crippen molar-refractivity contribution in [2.45, 2.75) is 51.1 Å². The topological polar surface area (TPSA) is 57.6 Å². The Morgan fingerprint density at radius 3 is 2.39 bits per heavy atom. The minimum absolute atomic E-state index is 0.0345. The maximum Gasteiger partial charge on any atom is 0.295 e. The number of carbonyl (C=O) groups excluding carboxylic acids is 2. The quantitative estimate of drug-likeness (QED) is 0.411. The van der Waals surface area contributed by atoms with Gasteiger partial charge in [0.1, 0.15) is 11.8 Å². The lowest BCUT2D eigenvalue weighted by molar-refractivity contribution is -0.141. The number of amides is 1. The third kappa shape index (κ3) is 3.27. The van der Waals surface area contributed by atoms with E-state index in [-0.39, 0.29) is 17.4 Å². The number of aryl methyl sites for hydroxylation is 1. The van der Waals surface area contributed by atoms with Crippen LogP contribution in [0.3, 0.4) is 0 Å². The van der Waals surface area contributed by atoms with Crippen LogP contribution in [0, 0.1) is 6.92 Å². The largest absolute Gasteiger partial charge is 0.507 e. The fraction of sp³-hybridized carbons (Fsp3) is 0.364. The van der Waals surface area contributed by atoms with Crippen LogP contribution < -0.4 is 0 Å². The van der Waals surface area contributed by atoms with Gasteiger partial charge in [-0.15, -0.1) is 11.3 Å². The molecule has 1 atom stereocenters. The number of rotatable bonds is 3. The zero-order valence-electron chi connectivity index (χ0n) is 15.7. The van der Waals surface area contributed by atoms with Crippen molar-refractivity contribution in [3.8, 4) is 0 Å². The van der Waals surface area contributed by atoms with E-state index in [2.05, 4.69) is 0 Å². The van der Waals surface area contributed by atoms with Gasteiger partial charge < -0.3 is 10.0 Å². The Morgan fingerprint density at radius 1 is 1.11 bits per heavy atom. The van der Waals surface area contributed by atoms with Crippen LogP contribution in [-0.4, -0.2) is 27.7 Å². The molecule has 6 heteroatoms. The molecule has 2 heterocycles. The molecule has 4 rings (SSSR count). The van der Waals surface area contributed by atoms with Crippen molar-refractivity contribution in [3.05, 3.63) is 62.3 Å². The summed E-state index contributed by atoms with van der Waals surface area (Å²) in [6, 6.07) is 8.17. The van der Waals surface area contributed by atoms with E-state index in [1.54, 1.807) is 29.2 Å². The highest BCUT2D eigenvalue weighted by molar-refractivity contribution is 7.10. The Labute approximate surface area is 173 Å². The van der Waals surface area contributed by atoms with Crippen LogP contribution in [0.4, 0.5) is 0 Å². The first kappa shape index (κ1) is 19.2. The highest BCUT2D eigenvalue weighted by atomic mass is 35.5. The molecule has 1 amide bonds. The van der Waals surface area contributed by atoms with Gasteiger partial charge in [0.2, 0.25) is 0 Å². The summed E-state index contributed by atoms with van der Waals surface area (Å²) in [6.07, 6.45) is 5.07. The molecule has 1 N–H and O–H groups in total. The van der Waals surface area contributed by atoms with Gasteiger partial charge in [0.25, 0.3) is 11.7 Å². The maximum atomic E-state index is 13.0. The average molecular weight is 416 g/mol. The second-order valence-corrected chi connectivity index (χ2v) is 8.86.